The Balaban J connectivity index is 1.38. The fourth-order valence-electron chi connectivity index (χ4n) is 5.14. The van der Waals surface area contributed by atoms with Gasteiger partial charge in [0.15, 0.2) is 0 Å². The van der Waals surface area contributed by atoms with E-state index in [1.807, 2.05) is 23.0 Å². The second-order valence-corrected chi connectivity index (χ2v) is 11.2. The number of anilines is 1. The summed E-state index contributed by atoms with van der Waals surface area (Å²) in [4.78, 5) is 17.7. The number of carbonyl (C=O) groups is 1. The van der Waals surface area contributed by atoms with Gasteiger partial charge >= 0.3 is 0 Å². The van der Waals surface area contributed by atoms with Crippen molar-refractivity contribution in [2.45, 2.75) is 69.8 Å². The third-order valence-corrected chi connectivity index (χ3v) is 7.62. The highest BCUT2D eigenvalue weighted by molar-refractivity contribution is 6.00. The van der Waals surface area contributed by atoms with Gasteiger partial charge in [0, 0.05) is 24.0 Å². The molecule has 11 nitrogen and oxygen atoms in total. The predicted octanol–water partition coefficient (Wildman–Crippen LogP) is 3.97. The summed E-state index contributed by atoms with van der Waals surface area (Å²) in [7, 11) is 0. The summed E-state index contributed by atoms with van der Waals surface area (Å²) in [5, 5.41) is 43.0. The Labute approximate surface area is 242 Å². The van der Waals surface area contributed by atoms with Gasteiger partial charge in [-0.2, -0.15) is 20.7 Å². The van der Waals surface area contributed by atoms with Crippen LogP contribution in [0.1, 0.15) is 67.1 Å². The number of rotatable bonds is 9. The quantitative estimate of drug-likeness (QED) is 0.273. The molecule has 1 aliphatic rings. The van der Waals surface area contributed by atoms with Crippen LogP contribution in [0.3, 0.4) is 0 Å². The molecule has 4 aromatic heterocycles. The van der Waals surface area contributed by atoms with Crippen molar-refractivity contribution in [3.63, 3.8) is 0 Å². The number of nitrogens with one attached hydrogen (secondary N) is 2. The molecule has 1 fully saturated rings. The minimum atomic E-state index is -1.65. The van der Waals surface area contributed by atoms with Gasteiger partial charge in [-0.15, -0.1) is 0 Å². The van der Waals surface area contributed by atoms with E-state index >= 15 is 0 Å². The van der Waals surface area contributed by atoms with Crippen LogP contribution in [0.5, 0.6) is 0 Å². The second-order valence-electron chi connectivity index (χ2n) is 11.2. The third kappa shape index (κ3) is 6.24. The number of amides is 1. The number of nitrogens with zero attached hydrogens (tertiary/aromatic N) is 7. The summed E-state index contributed by atoms with van der Waals surface area (Å²) in [6, 6.07) is 11.7. The minimum absolute atomic E-state index is 0.0721. The average Bonchev–Trinajstić information content (AvgIpc) is 3.63. The topological polar surface area (TPSA) is 157 Å². The molecule has 4 aromatic rings. The molecule has 1 atom stereocenters. The first-order chi connectivity index (χ1) is 20.2. The molecule has 5 rings (SSSR count). The van der Waals surface area contributed by atoms with E-state index in [0.717, 1.165) is 36.8 Å². The van der Waals surface area contributed by atoms with Crippen LogP contribution in [0.15, 0.2) is 49.1 Å². The molecule has 42 heavy (non-hydrogen) atoms. The normalized spacial score (nSPS) is 17.8. The Kier molecular flexibility index (Phi) is 8.18. The molecule has 1 aliphatic carbocycles. The number of nitriles is 2. The number of hydrogen-bond acceptors (Lipinski definition) is 8. The zero-order chi connectivity index (χ0) is 29.9. The van der Waals surface area contributed by atoms with E-state index in [0.29, 0.717) is 29.1 Å². The summed E-state index contributed by atoms with van der Waals surface area (Å²) in [5.41, 5.74) is 2.56. The maximum absolute atomic E-state index is 14.4. The number of alkyl halides is 1. The van der Waals surface area contributed by atoms with E-state index in [9.17, 15) is 19.6 Å². The Morgan fingerprint density at radius 1 is 1.17 bits per heavy atom. The molecule has 0 unspecified atom stereocenters. The van der Waals surface area contributed by atoms with Gasteiger partial charge in [-0.1, -0.05) is 0 Å². The first kappa shape index (κ1) is 28.7. The van der Waals surface area contributed by atoms with Gasteiger partial charge in [0.1, 0.15) is 12.2 Å². The summed E-state index contributed by atoms with van der Waals surface area (Å²) >= 11 is 0. The molecule has 0 spiro atoms. The molecule has 0 radical (unpaired) electrons. The third-order valence-electron chi connectivity index (χ3n) is 7.62. The molecule has 1 amide bonds. The van der Waals surface area contributed by atoms with Crippen LogP contribution < -0.4 is 10.6 Å². The van der Waals surface area contributed by atoms with Crippen molar-refractivity contribution >= 4 is 17.1 Å². The molecule has 4 heterocycles. The van der Waals surface area contributed by atoms with Gasteiger partial charge in [-0.05, 0) is 63.8 Å². The van der Waals surface area contributed by atoms with E-state index < -0.39 is 17.7 Å². The van der Waals surface area contributed by atoms with Crippen molar-refractivity contribution in [1.29, 1.82) is 10.5 Å². The number of carbonyl (C=O) groups excluding carboxylic acids is 1. The SMILES string of the molecule is CC(C)(O)[C@H](F)CNC(=O)c1cnc(-c2ccc3cc(C#N)cnn23)cc1NC1CCC(n2cc(CC#N)cn2)CC1. The molecule has 0 bridgehead atoms. The Hall–Kier alpha value is -4.81. The highest BCUT2D eigenvalue weighted by Crippen LogP contribution is 2.32. The van der Waals surface area contributed by atoms with Crippen molar-refractivity contribution in [2.24, 2.45) is 0 Å². The van der Waals surface area contributed by atoms with Crippen LogP contribution in [-0.2, 0) is 6.42 Å². The molecule has 1 saturated carbocycles. The molecule has 0 saturated heterocycles. The van der Waals surface area contributed by atoms with Crippen LogP contribution in [0.2, 0.25) is 0 Å². The Bertz CT molecular complexity index is 1670. The Morgan fingerprint density at radius 3 is 2.67 bits per heavy atom. The van der Waals surface area contributed by atoms with Crippen molar-refractivity contribution in [3.8, 4) is 23.5 Å². The maximum atomic E-state index is 14.4. The highest BCUT2D eigenvalue weighted by Gasteiger charge is 2.28. The summed E-state index contributed by atoms with van der Waals surface area (Å²) in [5.74, 6) is -0.504. The molecule has 216 valence electrons. The van der Waals surface area contributed by atoms with Crippen LogP contribution in [-0.4, -0.2) is 59.8 Å². The van der Waals surface area contributed by atoms with Gasteiger partial charge in [0.2, 0.25) is 0 Å². The van der Waals surface area contributed by atoms with Crippen molar-refractivity contribution in [3.05, 3.63) is 65.7 Å². The predicted molar refractivity (Wildman–Crippen MR) is 153 cm³/mol. The van der Waals surface area contributed by atoms with Gasteiger partial charge < -0.3 is 15.7 Å². The number of halogens is 1. The fourth-order valence-corrected chi connectivity index (χ4v) is 5.14. The lowest BCUT2D eigenvalue weighted by Gasteiger charge is -2.30. The van der Waals surface area contributed by atoms with E-state index in [1.165, 1.54) is 26.2 Å². The standard InChI is InChI=1S/C30H32FN9O2/c1-30(2,42)28(31)17-35-29(41)24-16-34-26(27-8-7-23-11-20(13-33)15-37-40(23)27)12-25(24)38-21-3-5-22(6-4-21)39-18-19(9-10-32)14-36-39/h7-8,11-12,14-16,18,21-22,28,42H,3-6,9,17H2,1-2H3,(H,34,38)(H,35,41)/t21?,22?,28-/m1/s1. The lowest BCUT2D eigenvalue weighted by molar-refractivity contribution is -0.00177. The molecular weight excluding hydrogens is 537 g/mol. The molecule has 0 aromatic carbocycles. The number of aliphatic hydroxyl groups is 1. The number of hydrogen-bond donors (Lipinski definition) is 3. The first-order valence-corrected chi connectivity index (χ1v) is 13.9. The average molecular weight is 570 g/mol. The number of fused-ring (bicyclic) bond motifs is 1. The molecule has 3 N–H and O–H groups in total. The molecule has 0 aliphatic heterocycles. The van der Waals surface area contributed by atoms with E-state index in [1.54, 1.807) is 22.8 Å². The van der Waals surface area contributed by atoms with Gasteiger partial charge in [0.05, 0.1) is 76.8 Å². The zero-order valence-electron chi connectivity index (χ0n) is 23.5. The van der Waals surface area contributed by atoms with E-state index in [2.05, 4.69) is 38.0 Å². The lowest BCUT2D eigenvalue weighted by atomic mass is 9.91. The maximum Gasteiger partial charge on any atom is 0.255 e. The summed E-state index contributed by atoms with van der Waals surface area (Å²) in [6.07, 6.45) is 8.68. The molecule has 12 heteroatoms. The highest BCUT2D eigenvalue weighted by atomic mass is 19.1. The summed E-state index contributed by atoms with van der Waals surface area (Å²) < 4.78 is 18.0. The first-order valence-electron chi connectivity index (χ1n) is 13.9. The zero-order valence-corrected chi connectivity index (χ0v) is 23.5. The van der Waals surface area contributed by atoms with Crippen molar-refractivity contribution < 1.29 is 14.3 Å². The fraction of sp³-hybridized carbons (Fsp3) is 0.400. The van der Waals surface area contributed by atoms with E-state index in [4.69, 9.17) is 5.26 Å². The van der Waals surface area contributed by atoms with E-state index in [-0.39, 0.29) is 24.2 Å². The number of aromatic nitrogens is 5. The van der Waals surface area contributed by atoms with Gasteiger partial charge in [-0.25, -0.2) is 8.91 Å². The van der Waals surface area contributed by atoms with Crippen LogP contribution in [0.4, 0.5) is 10.1 Å². The summed E-state index contributed by atoms with van der Waals surface area (Å²) in [6.45, 7) is 2.36. The monoisotopic (exact) mass is 569 g/mol. The van der Waals surface area contributed by atoms with Crippen LogP contribution in [0, 0.1) is 22.7 Å². The Morgan fingerprint density at radius 2 is 1.95 bits per heavy atom. The van der Waals surface area contributed by atoms with Crippen LogP contribution in [0.25, 0.3) is 16.9 Å². The minimum Gasteiger partial charge on any atom is -0.387 e. The number of pyridine rings is 1. The van der Waals surface area contributed by atoms with Gasteiger partial charge in [0.25, 0.3) is 5.91 Å². The van der Waals surface area contributed by atoms with Crippen molar-refractivity contribution in [1.82, 2.24) is 29.7 Å². The molecular formula is C30H32FN9O2. The van der Waals surface area contributed by atoms with Crippen molar-refractivity contribution in [2.75, 3.05) is 11.9 Å². The van der Waals surface area contributed by atoms with Gasteiger partial charge in [-0.3, -0.25) is 14.5 Å². The largest absolute Gasteiger partial charge is 0.387 e. The van der Waals surface area contributed by atoms with Crippen LogP contribution >= 0.6 is 0 Å². The second kappa shape index (κ2) is 12.0. The lowest BCUT2D eigenvalue weighted by Crippen LogP contribution is -2.42. The smallest absolute Gasteiger partial charge is 0.255 e.